The zero-order valence-corrected chi connectivity index (χ0v) is 17.6. The highest BCUT2D eigenvalue weighted by Gasteiger charge is 2.35. The number of rotatable bonds is 7. The lowest BCUT2D eigenvalue weighted by Crippen LogP contribution is -2.38. The molecule has 1 aliphatic rings. The first-order valence-electron chi connectivity index (χ1n) is 9.38. The van der Waals surface area contributed by atoms with Crippen LogP contribution in [0.1, 0.15) is 11.1 Å². The SMILES string of the molecule is COc1ccc(/C=C2/NC(=O)N(CC(=O)Nc3cccc(C)c3)C2=O)c(OC)c1OC. The molecule has 2 N–H and O–H groups in total. The minimum absolute atomic E-state index is 0.0128. The molecule has 9 heteroatoms. The average molecular weight is 425 g/mol. The van der Waals surface area contributed by atoms with Gasteiger partial charge in [0.25, 0.3) is 5.91 Å². The normalized spacial score (nSPS) is 14.5. The molecule has 162 valence electrons. The fourth-order valence-electron chi connectivity index (χ4n) is 3.18. The first-order valence-corrected chi connectivity index (χ1v) is 9.38. The molecule has 2 aromatic carbocycles. The van der Waals surface area contributed by atoms with E-state index in [0.717, 1.165) is 10.5 Å². The lowest BCUT2D eigenvalue weighted by Gasteiger charge is -2.14. The number of methoxy groups -OCH3 is 3. The maximum Gasteiger partial charge on any atom is 0.329 e. The third-order valence-electron chi connectivity index (χ3n) is 4.60. The Bertz CT molecular complexity index is 1060. The summed E-state index contributed by atoms with van der Waals surface area (Å²) in [5.41, 5.74) is 2.07. The van der Waals surface area contributed by atoms with E-state index >= 15 is 0 Å². The van der Waals surface area contributed by atoms with Gasteiger partial charge in [-0.2, -0.15) is 0 Å². The monoisotopic (exact) mass is 425 g/mol. The minimum Gasteiger partial charge on any atom is -0.493 e. The van der Waals surface area contributed by atoms with Crippen LogP contribution in [-0.4, -0.2) is 50.6 Å². The van der Waals surface area contributed by atoms with Gasteiger partial charge in [-0.05, 0) is 42.8 Å². The van der Waals surface area contributed by atoms with Crippen molar-refractivity contribution in [3.05, 3.63) is 53.2 Å². The molecule has 0 unspecified atom stereocenters. The van der Waals surface area contributed by atoms with E-state index in [-0.39, 0.29) is 5.70 Å². The summed E-state index contributed by atoms with van der Waals surface area (Å²) in [5.74, 6) is 0.0376. The molecule has 1 fully saturated rings. The van der Waals surface area contributed by atoms with Crippen LogP contribution in [-0.2, 0) is 9.59 Å². The largest absolute Gasteiger partial charge is 0.493 e. The molecule has 31 heavy (non-hydrogen) atoms. The van der Waals surface area contributed by atoms with E-state index in [1.807, 2.05) is 13.0 Å². The van der Waals surface area contributed by atoms with Gasteiger partial charge in [0.15, 0.2) is 11.5 Å². The van der Waals surface area contributed by atoms with Gasteiger partial charge in [-0.25, -0.2) is 9.69 Å². The first-order chi connectivity index (χ1) is 14.9. The number of nitrogens with zero attached hydrogens (tertiary/aromatic N) is 1. The highest BCUT2D eigenvalue weighted by Crippen LogP contribution is 2.40. The van der Waals surface area contributed by atoms with Crippen molar-refractivity contribution in [3.63, 3.8) is 0 Å². The van der Waals surface area contributed by atoms with Crippen LogP contribution in [0.2, 0.25) is 0 Å². The standard InChI is InChI=1S/C22H23N3O6/c1-13-6-5-7-15(10-13)23-18(26)12-25-21(27)16(24-22(25)28)11-14-8-9-17(29-2)20(31-4)19(14)30-3/h5-11H,12H2,1-4H3,(H,23,26)(H,24,28)/b16-11+. The smallest absolute Gasteiger partial charge is 0.329 e. The van der Waals surface area contributed by atoms with Gasteiger partial charge in [-0.15, -0.1) is 0 Å². The van der Waals surface area contributed by atoms with Crippen LogP contribution < -0.4 is 24.8 Å². The zero-order valence-electron chi connectivity index (χ0n) is 17.6. The molecule has 0 atom stereocenters. The van der Waals surface area contributed by atoms with Gasteiger partial charge < -0.3 is 24.8 Å². The van der Waals surface area contributed by atoms with Crippen LogP contribution in [0.4, 0.5) is 10.5 Å². The van der Waals surface area contributed by atoms with Crippen LogP contribution in [0.3, 0.4) is 0 Å². The summed E-state index contributed by atoms with van der Waals surface area (Å²) in [7, 11) is 4.42. The second kappa shape index (κ2) is 9.21. The highest BCUT2D eigenvalue weighted by atomic mass is 16.5. The molecule has 0 radical (unpaired) electrons. The number of carbonyl (C=O) groups is 3. The van der Waals surface area contributed by atoms with E-state index in [1.54, 1.807) is 30.3 Å². The van der Waals surface area contributed by atoms with Gasteiger partial charge >= 0.3 is 6.03 Å². The van der Waals surface area contributed by atoms with E-state index in [4.69, 9.17) is 14.2 Å². The molecule has 4 amide bonds. The number of benzene rings is 2. The van der Waals surface area contributed by atoms with Gasteiger partial charge in [0.05, 0.1) is 21.3 Å². The summed E-state index contributed by atoms with van der Waals surface area (Å²) in [5, 5.41) is 5.17. The number of hydrogen-bond acceptors (Lipinski definition) is 6. The van der Waals surface area contributed by atoms with Crippen molar-refractivity contribution in [2.45, 2.75) is 6.92 Å². The Morgan fingerprint density at radius 3 is 2.45 bits per heavy atom. The molecule has 0 saturated carbocycles. The van der Waals surface area contributed by atoms with Crippen molar-refractivity contribution in [1.29, 1.82) is 0 Å². The van der Waals surface area contributed by atoms with E-state index in [2.05, 4.69) is 10.6 Å². The number of nitrogens with one attached hydrogen (secondary N) is 2. The van der Waals surface area contributed by atoms with Crippen molar-refractivity contribution in [2.24, 2.45) is 0 Å². The summed E-state index contributed by atoms with van der Waals surface area (Å²) in [6.45, 7) is 1.48. The van der Waals surface area contributed by atoms with Gasteiger partial charge in [0, 0.05) is 11.3 Å². The average Bonchev–Trinajstić information content (AvgIpc) is 3.00. The Kier molecular flexibility index (Phi) is 6.44. The number of hydrogen-bond donors (Lipinski definition) is 2. The number of ether oxygens (including phenoxy) is 3. The Labute approximate surface area is 179 Å². The van der Waals surface area contributed by atoms with Crippen molar-refractivity contribution in [3.8, 4) is 17.2 Å². The van der Waals surface area contributed by atoms with Crippen LogP contribution in [0, 0.1) is 6.92 Å². The third kappa shape index (κ3) is 4.61. The summed E-state index contributed by atoms with van der Waals surface area (Å²) >= 11 is 0. The summed E-state index contributed by atoms with van der Waals surface area (Å²) in [6.07, 6.45) is 1.46. The number of imide groups is 1. The molecule has 0 bridgehead atoms. The maximum atomic E-state index is 12.7. The predicted molar refractivity (Wildman–Crippen MR) is 114 cm³/mol. The molecule has 0 aromatic heterocycles. The van der Waals surface area contributed by atoms with E-state index in [0.29, 0.717) is 28.5 Å². The molecular formula is C22H23N3O6. The van der Waals surface area contributed by atoms with Crippen molar-refractivity contribution in [2.75, 3.05) is 33.2 Å². The molecule has 1 aliphatic heterocycles. The van der Waals surface area contributed by atoms with E-state index < -0.39 is 24.4 Å². The van der Waals surface area contributed by atoms with Crippen molar-refractivity contribution in [1.82, 2.24) is 10.2 Å². The number of carbonyl (C=O) groups excluding carboxylic acids is 3. The van der Waals surface area contributed by atoms with E-state index in [9.17, 15) is 14.4 Å². The van der Waals surface area contributed by atoms with Crippen LogP contribution in [0.25, 0.3) is 6.08 Å². The van der Waals surface area contributed by atoms with Gasteiger partial charge in [0.1, 0.15) is 12.2 Å². The Morgan fingerprint density at radius 2 is 1.81 bits per heavy atom. The molecule has 3 rings (SSSR count). The van der Waals surface area contributed by atoms with Crippen LogP contribution in [0.15, 0.2) is 42.1 Å². The molecular weight excluding hydrogens is 402 g/mol. The highest BCUT2D eigenvalue weighted by molar-refractivity contribution is 6.16. The van der Waals surface area contributed by atoms with Gasteiger partial charge in [-0.1, -0.05) is 12.1 Å². The Hall–Kier alpha value is -4.01. The van der Waals surface area contributed by atoms with Crippen molar-refractivity contribution >= 4 is 29.6 Å². The summed E-state index contributed by atoms with van der Waals surface area (Å²) in [6, 6.07) is 9.85. The van der Waals surface area contributed by atoms with Gasteiger partial charge in [0.2, 0.25) is 11.7 Å². The molecule has 9 nitrogen and oxygen atoms in total. The van der Waals surface area contributed by atoms with Crippen LogP contribution in [0.5, 0.6) is 17.2 Å². The van der Waals surface area contributed by atoms with E-state index in [1.165, 1.54) is 27.4 Å². The first kappa shape index (κ1) is 21.7. The molecule has 1 saturated heterocycles. The lowest BCUT2D eigenvalue weighted by molar-refractivity contribution is -0.127. The zero-order chi connectivity index (χ0) is 22.5. The van der Waals surface area contributed by atoms with Crippen molar-refractivity contribution < 1.29 is 28.6 Å². The Balaban J connectivity index is 1.80. The number of amides is 4. The number of anilines is 1. The Morgan fingerprint density at radius 1 is 1.06 bits per heavy atom. The van der Waals surface area contributed by atoms with Gasteiger partial charge in [-0.3, -0.25) is 9.59 Å². The minimum atomic E-state index is -0.685. The number of aryl methyl sites for hydroxylation is 1. The maximum absolute atomic E-state index is 12.7. The summed E-state index contributed by atoms with van der Waals surface area (Å²) in [4.78, 5) is 38.2. The second-order valence-corrected chi connectivity index (χ2v) is 6.72. The second-order valence-electron chi connectivity index (χ2n) is 6.72. The molecule has 0 aliphatic carbocycles. The predicted octanol–water partition coefficient (Wildman–Crippen LogP) is 2.55. The summed E-state index contributed by atoms with van der Waals surface area (Å²) < 4.78 is 16.0. The fraction of sp³-hybridized carbons (Fsp3) is 0.227. The molecule has 0 spiro atoms. The lowest BCUT2D eigenvalue weighted by atomic mass is 10.1. The molecule has 2 aromatic rings. The molecule has 1 heterocycles. The topological polar surface area (TPSA) is 106 Å². The number of urea groups is 1. The quantitative estimate of drug-likeness (QED) is 0.522. The third-order valence-corrected chi connectivity index (χ3v) is 4.60. The fourth-order valence-corrected chi connectivity index (χ4v) is 3.18. The van der Waals surface area contributed by atoms with Crippen LogP contribution >= 0.6 is 0 Å².